The van der Waals surface area contributed by atoms with Crippen molar-refractivity contribution in [1.29, 1.82) is 0 Å². The first-order valence-corrected chi connectivity index (χ1v) is 10.1. The summed E-state index contributed by atoms with van der Waals surface area (Å²) in [6, 6.07) is 4.12. The van der Waals surface area contributed by atoms with Gasteiger partial charge in [0.1, 0.15) is 5.65 Å². The Morgan fingerprint density at radius 1 is 1.32 bits per heavy atom. The number of aromatic amines is 1. The van der Waals surface area contributed by atoms with E-state index in [4.69, 9.17) is 4.74 Å². The van der Waals surface area contributed by atoms with E-state index in [-0.39, 0.29) is 23.3 Å². The van der Waals surface area contributed by atoms with E-state index in [0.29, 0.717) is 18.9 Å². The second-order valence-corrected chi connectivity index (χ2v) is 8.49. The molecule has 1 spiro atoms. The Kier molecular flexibility index (Phi) is 4.16. The van der Waals surface area contributed by atoms with Crippen molar-refractivity contribution in [2.45, 2.75) is 32.2 Å². The van der Waals surface area contributed by atoms with Crippen LogP contribution in [0.1, 0.15) is 25.3 Å². The zero-order valence-corrected chi connectivity index (χ0v) is 16.2. The van der Waals surface area contributed by atoms with Gasteiger partial charge in [-0.1, -0.05) is 0 Å². The molecule has 0 aliphatic carbocycles. The molecule has 2 aromatic heterocycles. The van der Waals surface area contributed by atoms with Gasteiger partial charge in [0.15, 0.2) is 0 Å². The predicted molar refractivity (Wildman–Crippen MR) is 104 cm³/mol. The fourth-order valence-corrected chi connectivity index (χ4v) is 5.52. The summed E-state index contributed by atoms with van der Waals surface area (Å²) in [6.07, 6.45) is 5.93. The number of ether oxygens (including phenoxy) is 1. The minimum Gasteiger partial charge on any atom is -0.379 e. The number of amides is 2. The predicted octanol–water partition coefficient (Wildman–Crippen LogP) is 1.59. The molecule has 0 saturated carbocycles. The standard InChI is InChI=1S/C21H26N4O3/c1-14(26)25-13-21(17-11-28-12-18(17)25)4-7-24(8-5-21)19(27)9-15-10-23-20-16(15)3-2-6-22-20/h2-3,6,10,17-18H,4-5,7-9,11-13H2,1H3,(H,22,23)/t17-,18+/m0/s1. The van der Waals surface area contributed by atoms with Gasteiger partial charge in [-0.25, -0.2) is 4.98 Å². The molecule has 3 fully saturated rings. The van der Waals surface area contributed by atoms with Gasteiger partial charge in [-0.3, -0.25) is 9.59 Å². The minimum atomic E-state index is 0.105. The zero-order chi connectivity index (χ0) is 19.3. The van der Waals surface area contributed by atoms with Gasteiger partial charge in [-0.15, -0.1) is 0 Å². The SMILES string of the molecule is CC(=O)N1CC2(CCN(C(=O)Cc3c[nH]c4ncccc34)CC2)[C@H]2COC[C@H]21. The highest BCUT2D eigenvalue weighted by Crippen LogP contribution is 2.50. The second-order valence-electron chi connectivity index (χ2n) is 8.49. The summed E-state index contributed by atoms with van der Waals surface area (Å²) in [5.41, 5.74) is 1.93. The first kappa shape index (κ1) is 17.7. The van der Waals surface area contributed by atoms with Crippen molar-refractivity contribution in [3.63, 3.8) is 0 Å². The van der Waals surface area contributed by atoms with Crippen LogP contribution in [0.5, 0.6) is 0 Å². The summed E-state index contributed by atoms with van der Waals surface area (Å²) in [6.45, 7) is 5.39. The number of piperidine rings is 1. The van der Waals surface area contributed by atoms with Gasteiger partial charge >= 0.3 is 0 Å². The molecule has 3 saturated heterocycles. The number of nitrogens with zero attached hydrogens (tertiary/aromatic N) is 3. The monoisotopic (exact) mass is 382 g/mol. The number of hydrogen-bond acceptors (Lipinski definition) is 4. The maximum atomic E-state index is 12.9. The lowest BCUT2D eigenvalue weighted by Crippen LogP contribution is -2.47. The van der Waals surface area contributed by atoms with Crippen molar-refractivity contribution in [2.75, 3.05) is 32.8 Å². The molecular formula is C21H26N4O3. The molecule has 28 heavy (non-hydrogen) atoms. The fraction of sp³-hybridized carbons (Fsp3) is 0.571. The third-order valence-electron chi connectivity index (χ3n) is 7.12. The lowest BCUT2D eigenvalue weighted by atomic mass is 9.70. The Balaban J connectivity index is 1.27. The topological polar surface area (TPSA) is 78.5 Å². The Labute approximate surface area is 164 Å². The van der Waals surface area contributed by atoms with Crippen LogP contribution in [-0.2, 0) is 20.7 Å². The molecule has 0 unspecified atom stereocenters. The molecule has 3 aliphatic rings. The summed E-state index contributed by atoms with van der Waals surface area (Å²) in [4.78, 5) is 36.4. The van der Waals surface area contributed by atoms with Crippen LogP contribution in [0, 0.1) is 11.3 Å². The van der Waals surface area contributed by atoms with Gasteiger partial charge in [-0.2, -0.15) is 0 Å². The molecule has 0 radical (unpaired) electrons. The van der Waals surface area contributed by atoms with E-state index in [9.17, 15) is 9.59 Å². The van der Waals surface area contributed by atoms with Crippen LogP contribution in [0.15, 0.2) is 24.5 Å². The summed E-state index contributed by atoms with van der Waals surface area (Å²) in [7, 11) is 0. The number of carbonyl (C=O) groups excluding carboxylic acids is 2. The Morgan fingerprint density at radius 3 is 2.93 bits per heavy atom. The fourth-order valence-electron chi connectivity index (χ4n) is 5.52. The van der Waals surface area contributed by atoms with Crippen LogP contribution in [0.4, 0.5) is 0 Å². The van der Waals surface area contributed by atoms with E-state index in [1.165, 1.54) is 0 Å². The Morgan fingerprint density at radius 2 is 2.14 bits per heavy atom. The molecule has 1 N–H and O–H groups in total. The average Bonchev–Trinajstić information content (AvgIpc) is 3.40. The van der Waals surface area contributed by atoms with Crippen molar-refractivity contribution >= 4 is 22.8 Å². The van der Waals surface area contributed by atoms with Gasteiger partial charge < -0.3 is 19.5 Å². The molecule has 7 heteroatoms. The molecule has 0 aromatic carbocycles. The van der Waals surface area contributed by atoms with E-state index >= 15 is 0 Å². The van der Waals surface area contributed by atoms with Crippen molar-refractivity contribution < 1.29 is 14.3 Å². The van der Waals surface area contributed by atoms with E-state index in [1.807, 2.05) is 28.1 Å². The summed E-state index contributed by atoms with van der Waals surface area (Å²) < 4.78 is 5.72. The van der Waals surface area contributed by atoms with Crippen LogP contribution in [-0.4, -0.2) is 70.5 Å². The van der Waals surface area contributed by atoms with Gasteiger partial charge in [0.25, 0.3) is 0 Å². The number of rotatable bonds is 2. The quantitative estimate of drug-likeness (QED) is 0.856. The number of likely N-dealkylation sites (tertiary alicyclic amines) is 2. The highest BCUT2D eigenvalue weighted by atomic mass is 16.5. The van der Waals surface area contributed by atoms with E-state index in [1.54, 1.807) is 13.1 Å². The number of nitrogens with one attached hydrogen (secondary N) is 1. The maximum absolute atomic E-state index is 12.9. The van der Waals surface area contributed by atoms with Crippen LogP contribution in [0.2, 0.25) is 0 Å². The molecule has 2 amide bonds. The molecule has 7 nitrogen and oxygen atoms in total. The van der Waals surface area contributed by atoms with Gasteiger partial charge in [0.2, 0.25) is 11.8 Å². The zero-order valence-electron chi connectivity index (χ0n) is 16.2. The van der Waals surface area contributed by atoms with Crippen molar-refractivity contribution in [2.24, 2.45) is 11.3 Å². The molecular weight excluding hydrogens is 356 g/mol. The summed E-state index contributed by atoms with van der Waals surface area (Å²) in [5, 5.41) is 1.02. The smallest absolute Gasteiger partial charge is 0.227 e. The number of hydrogen-bond donors (Lipinski definition) is 1. The van der Waals surface area contributed by atoms with Gasteiger partial charge in [0, 0.05) is 50.3 Å². The highest BCUT2D eigenvalue weighted by molar-refractivity contribution is 5.87. The normalized spacial score (nSPS) is 26.2. The van der Waals surface area contributed by atoms with Crippen molar-refractivity contribution in [3.05, 3.63) is 30.1 Å². The largest absolute Gasteiger partial charge is 0.379 e. The maximum Gasteiger partial charge on any atom is 0.227 e. The van der Waals surface area contributed by atoms with Crippen LogP contribution in [0.3, 0.4) is 0 Å². The van der Waals surface area contributed by atoms with Crippen LogP contribution >= 0.6 is 0 Å². The summed E-state index contributed by atoms with van der Waals surface area (Å²) >= 11 is 0. The van der Waals surface area contributed by atoms with E-state index in [2.05, 4.69) is 9.97 Å². The van der Waals surface area contributed by atoms with E-state index in [0.717, 1.165) is 55.7 Å². The lowest BCUT2D eigenvalue weighted by molar-refractivity contribution is -0.134. The minimum absolute atomic E-state index is 0.105. The van der Waals surface area contributed by atoms with E-state index < -0.39 is 0 Å². The van der Waals surface area contributed by atoms with Gasteiger partial charge in [0.05, 0.1) is 25.7 Å². The number of pyridine rings is 1. The Bertz CT molecular complexity index is 915. The number of fused-ring (bicyclic) bond motifs is 3. The number of carbonyl (C=O) groups is 2. The molecule has 2 atom stereocenters. The van der Waals surface area contributed by atoms with Crippen LogP contribution < -0.4 is 0 Å². The third-order valence-corrected chi connectivity index (χ3v) is 7.12. The first-order valence-electron chi connectivity index (χ1n) is 10.1. The molecule has 5 heterocycles. The average molecular weight is 382 g/mol. The Hall–Kier alpha value is -2.41. The first-order chi connectivity index (χ1) is 13.6. The number of aromatic nitrogens is 2. The lowest BCUT2D eigenvalue weighted by Gasteiger charge is -2.42. The van der Waals surface area contributed by atoms with Gasteiger partial charge in [-0.05, 0) is 36.0 Å². The molecule has 0 bridgehead atoms. The molecule has 5 rings (SSSR count). The van der Waals surface area contributed by atoms with Crippen LogP contribution in [0.25, 0.3) is 11.0 Å². The summed E-state index contributed by atoms with van der Waals surface area (Å²) in [5.74, 6) is 0.720. The molecule has 2 aromatic rings. The molecule has 3 aliphatic heterocycles. The number of H-pyrrole nitrogens is 1. The van der Waals surface area contributed by atoms with Crippen molar-refractivity contribution in [3.8, 4) is 0 Å². The molecule has 148 valence electrons. The second kappa shape index (κ2) is 6.58. The van der Waals surface area contributed by atoms with Crippen molar-refractivity contribution in [1.82, 2.24) is 19.8 Å². The third kappa shape index (κ3) is 2.71. The highest BCUT2D eigenvalue weighted by Gasteiger charge is 2.56.